The SMILES string of the molecule is COC(=O)c1sc(NC(=O)c2cnn(C)c2N)nc1C. The number of methoxy groups -OCH3 is 1. The van der Waals surface area contributed by atoms with E-state index in [1.54, 1.807) is 14.0 Å². The molecule has 2 heterocycles. The molecule has 0 aromatic carbocycles. The molecule has 0 radical (unpaired) electrons. The van der Waals surface area contributed by atoms with E-state index >= 15 is 0 Å². The lowest BCUT2D eigenvalue weighted by atomic mass is 10.3. The molecule has 0 aliphatic carbocycles. The third-order valence-corrected chi connectivity index (χ3v) is 3.67. The number of aromatic nitrogens is 3. The Bertz CT molecular complexity index is 676. The zero-order valence-corrected chi connectivity index (χ0v) is 11.9. The highest BCUT2D eigenvalue weighted by Gasteiger charge is 2.19. The highest BCUT2D eigenvalue weighted by atomic mass is 32.1. The Balaban J connectivity index is 2.20. The van der Waals surface area contributed by atoms with Gasteiger partial charge < -0.3 is 10.5 Å². The van der Waals surface area contributed by atoms with Crippen molar-refractivity contribution in [1.29, 1.82) is 0 Å². The van der Waals surface area contributed by atoms with Gasteiger partial charge in [0.05, 0.1) is 19.0 Å². The molecule has 0 saturated carbocycles. The van der Waals surface area contributed by atoms with E-state index in [-0.39, 0.29) is 11.4 Å². The molecule has 106 valence electrons. The van der Waals surface area contributed by atoms with E-state index in [4.69, 9.17) is 5.73 Å². The van der Waals surface area contributed by atoms with Gasteiger partial charge in [0.15, 0.2) is 5.13 Å². The summed E-state index contributed by atoms with van der Waals surface area (Å²) in [6.07, 6.45) is 1.37. The summed E-state index contributed by atoms with van der Waals surface area (Å²) in [4.78, 5) is 27.9. The zero-order chi connectivity index (χ0) is 14.9. The van der Waals surface area contributed by atoms with Crippen molar-refractivity contribution in [2.45, 2.75) is 6.92 Å². The third-order valence-electron chi connectivity index (χ3n) is 2.62. The topological polar surface area (TPSA) is 112 Å². The van der Waals surface area contributed by atoms with Crippen LogP contribution in [-0.4, -0.2) is 33.8 Å². The summed E-state index contributed by atoms with van der Waals surface area (Å²) >= 11 is 1.04. The van der Waals surface area contributed by atoms with Crippen LogP contribution in [-0.2, 0) is 11.8 Å². The summed E-state index contributed by atoms with van der Waals surface area (Å²) < 4.78 is 6.02. The normalized spacial score (nSPS) is 10.3. The van der Waals surface area contributed by atoms with Gasteiger partial charge >= 0.3 is 5.97 Å². The minimum Gasteiger partial charge on any atom is -0.465 e. The fraction of sp³-hybridized carbons (Fsp3) is 0.273. The molecule has 2 rings (SSSR count). The van der Waals surface area contributed by atoms with Crippen molar-refractivity contribution in [1.82, 2.24) is 14.8 Å². The Morgan fingerprint density at radius 2 is 2.20 bits per heavy atom. The quantitative estimate of drug-likeness (QED) is 0.810. The molecule has 2 aromatic rings. The van der Waals surface area contributed by atoms with Gasteiger partial charge in [-0.05, 0) is 6.92 Å². The number of hydrogen-bond donors (Lipinski definition) is 2. The number of hydrogen-bond acceptors (Lipinski definition) is 7. The monoisotopic (exact) mass is 295 g/mol. The van der Waals surface area contributed by atoms with E-state index in [0.717, 1.165) is 11.3 Å². The number of thiazole rings is 1. The van der Waals surface area contributed by atoms with Crippen molar-refractivity contribution in [2.24, 2.45) is 7.05 Å². The van der Waals surface area contributed by atoms with Crippen LogP contribution in [0.3, 0.4) is 0 Å². The maximum Gasteiger partial charge on any atom is 0.350 e. The predicted octanol–water partition coefficient (Wildman–Crippen LogP) is 0.806. The van der Waals surface area contributed by atoms with Crippen molar-refractivity contribution >= 4 is 34.2 Å². The minimum absolute atomic E-state index is 0.250. The first-order valence-corrected chi connectivity index (χ1v) is 6.40. The molecule has 20 heavy (non-hydrogen) atoms. The zero-order valence-electron chi connectivity index (χ0n) is 11.1. The molecule has 0 aliphatic heterocycles. The predicted molar refractivity (Wildman–Crippen MR) is 73.8 cm³/mol. The Labute approximate surface area is 118 Å². The number of amides is 1. The number of ether oxygens (including phenoxy) is 1. The highest BCUT2D eigenvalue weighted by molar-refractivity contribution is 7.17. The Kier molecular flexibility index (Phi) is 3.70. The number of carbonyl (C=O) groups is 2. The van der Waals surface area contributed by atoms with E-state index in [1.165, 1.54) is 18.0 Å². The van der Waals surface area contributed by atoms with Gasteiger partial charge in [-0.3, -0.25) is 14.8 Å². The van der Waals surface area contributed by atoms with Crippen LogP contribution in [0.15, 0.2) is 6.20 Å². The number of esters is 1. The van der Waals surface area contributed by atoms with Gasteiger partial charge in [0, 0.05) is 7.05 Å². The molecule has 0 fully saturated rings. The summed E-state index contributed by atoms with van der Waals surface area (Å²) in [5, 5.41) is 6.76. The molecule has 3 N–H and O–H groups in total. The first kappa shape index (κ1) is 14.0. The van der Waals surface area contributed by atoms with Crippen LogP contribution in [0.5, 0.6) is 0 Å². The average molecular weight is 295 g/mol. The molecule has 0 aliphatic rings. The van der Waals surface area contributed by atoms with Crippen molar-refractivity contribution in [3.8, 4) is 0 Å². The first-order valence-electron chi connectivity index (χ1n) is 5.58. The van der Waals surface area contributed by atoms with Crippen molar-refractivity contribution in [3.05, 3.63) is 22.3 Å². The van der Waals surface area contributed by atoms with Crippen LogP contribution >= 0.6 is 11.3 Å². The van der Waals surface area contributed by atoms with E-state index in [1.807, 2.05) is 0 Å². The van der Waals surface area contributed by atoms with Crippen LogP contribution in [0, 0.1) is 6.92 Å². The van der Waals surface area contributed by atoms with E-state index in [2.05, 4.69) is 20.1 Å². The van der Waals surface area contributed by atoms with Gasteiger partial charge in [-0.2, -0.15) is 5.10 Å². The number of anilines is 2. The number of nitrogens with two attached hydrogens (primary N) is 1. The molecule has 1 amide bonds. The maximum atomic E-state index is 12.0. The lowest BCUT2D eigenvalue weighted by molar-refractivity contribution is 0.0605. The molecular formula is C11H13N5O3S. The lowest BCUT2D eigenvalue weighted by Crippen LogP contribution is -2.13. The molecule has 0 unspecified atom stereocenters. The Morgan fingerprint density at radius 3 is 2.75 bits per heavy atom. The average Bonchev–Trinajstić information content (AvgIpc) is 2.93. The van der Waals surface area contributed by atoms with E-state index < -0.39 is 11.9 Å². The third kappa shape index (κ3) is 2.48. The number of nitrogens with zero attached hydrogens (tertiary/aromatic N) is 3. The molecule has 9 heteroatoms. The van der Waals surface area contributed by atoms with E-state index in [0.29, 0.717) is 15.7 Å². The molecule has 2 aromatic heterocycles. The summed E-state index contributed by atoms with van der Waals surface area (Å²) in [6.45, 7) is 1.66. The number of carbonyl (C=O) groups excluding carboxylic acids is 2. The van der Waals surface area contributed by atoms with Gasteiger partial charge in [-0.1, -0.05) is 11.3 Å². The second-order valence-electron chi connectivity index (χ2n) is 3.95. The number of nitrogen functional groups attached to an aromatic ring is 1. The first-order chi connectivity index (χ1) is 9.43. The molecular weight excluding hydrogens is 282 g/mol. The van der Waals surface area contributed by atoms with E-state index in [9.17, 15) is 9.59 Å². The molecule has 0 atom stereocenters. The molecule has 0 saturated heterocycles. The molecule has 8 nitrogen and oxygen atoms in total. The van der Waals surface area contributed by atoms with Crippen LogP contribution in [0.2, 0.25) is 0 Å². The number of nitrogens with one attached hydrogen (secondary N) is 1. The van der Waals surface area contributed by atoms with Crippen molar-refractivity contribution in [2.75, 3.05) is 18.2 Å². The van der Waals surface area contributed by atoms with Crippen molar-refractivity contribution < 1.29 is 14.3 Å². The largest absolute Gasteiger partial charge is 0.465 e. The van der Waals surface area contributed by atoms with Crippen LogP contribution in [0.25, 0.3) is 0 Å². The molecule has 0 spiro atoms. The standard InChI is InChI=1S/C11H13N5O3S/c1-5-7(10(18)19-3)20-11(14-5)15-9(17)6-4-13-16(2)8(6)12/h4H,12H2,1-3H3,(H,14,15,17). The number of aryl methyl sites for hydroxylation is 2. The fourth-order valence-corrected chi connectivity index (χ4v) is 2.40. The summed E-state index contributed by atoms with van der Waals surface area (Å²) in [5.74, 6) is -0.661. The van der Waals surface area contributed by atoms with Gasteiger partial charge in [0.25, 0.3) is 5.91 Å². The highest BCUT2D eigenvalue weighted by Crippen LogP contribution is 2.24. The summed E-state index contributed by atoms with van der Waals surface area (Å²) in [5.41, 5.74) is 6.46. The minimum atomic E-state index is -0.485. The summed E-state index contributed by atoms with van der Waals surface area (Å²) in [6, 6.07) is 0. The van der Waals surface area contributed by atoms with Crippen LogP contribution in [0.1, 0.15) is 25.7 Å². The number of rotatable bonds is 3. The van der Waals surface area contributed by atoms with Gasteiger partial charge in [-0.25, -0.2) is 9.78 Å². The van der Waals surface area contributed by atoms with Gasteiger partial charge in [0.1, 0.15) is 16.3 Å². The second kappa shape index (κ2) is 5.29. The van der Waals surface area contributed by atoms with Crippen molar-refractivity contribution in [3.63, 3.8) is 0 Å². The lowest BCUT2D eigenvalue weighted by Gasteiger charge is -2.00. The fourth-order valence-electron chi connectivity index (χ4n) is 1.52. The Morgan fingerprint density at radius 1 is 1.50 bits per heavy atom. The Hall–Kier alpha value is -2.42. The smallest absolute Gasteiger partial charge is 0.350 e. The second-order valence-corrected chi connectivity index (χ2v) is 4.95. The van der Waals surface area contributed by atoms with Crippen LogP contribution in [0.4, 0.5) is 10.9 Å². The molecule has 0 bridgehead atoms. The van der Waals surface area contributed by atoms with Gasteiger partial charge in [0.2, 0.25) is 0 Å². The van der Waals surface area contributed by atoms with Gasteiger partial charge in [-0.15, -0.1) is 0 Å². The summed E-state index contributed by atoms with van der Waals surface area (Å²) in [7, 11) is 2.92. The van der Waals surface area contributed by atoms with Crippen LogP contribution < -0.4 is 11.1 Å². The maximum absolute atomic E-state index is 12.0.